The van der Waals surface area contributed by atoms with E-state index in [2.05, 4.69) is 14.9 Å². The fourth-order valence-electron chi connectivity index (χ4n) is 3.27. The number of hydrogen-bond donors (Lipinski definition) is 1. The van der Waals surface area contributed by atoms with Gasteiger partial charge in [-0.15, -0.1) is 0 Å². The van der Waals surface area contributed by atoms with Crippen LogP contribution in [0.25, 0.3) is 0 Å². The van der Waals surface area contributed by atoms with Crippen LogP contribution in [0.5, 0.6) is 6.01 Å². The highest BCUT2D eigenvalue weighted by Gasteiger charge is 2.43. The van der Waals surface area contributed by atoms with Crippen LogP contribution in [0.1, 0.15) is 31.2 Å². The molecule has 6 nitrogen and oxygen atoms in total. The quantitative estimate of drug-likeness (QED) is 0.896. The van der Waals surface area contributed by atoms with E-state index in [0.29, 0.717) is 6.01 Å². The topological polar surface area (TPSA) is 67.7 Å². The Hall–Kier alpha value is -1.24. The molecule has 0 unspecified atom stereocenters. The van der Waals surface area contributed by atoms with Crippen molar-refractivity contribution in [1.82, 2.24) is 14.9 Å². The van der Waals surface area contributed by atoms with Gasteiger partial charge in [0.1, 0.15) is 0 Å². The summed E-state index contributed by atoms with van der Waals surface area (Å²) < 4.78 is 10.9. The minimum absolute atomic E-state index is 0.300. The van der Waals surface area contributed by atoms with Gasteiger partial charge in [0.2, 0.25) is 0 Å². The van der Waals surface area contributed by atoms with Crippen molar-refractivity contribution in [3.05, 3.63) is 18.0 Å². The van der Waals surface area contributed by atoms with E-state index in [1.54, 1.807) is 7.11 Å². The Balaban J connectivity index is 1.55. The summed E-state index contributed by atoms with van der Waals surface area (Å²) in [6.07, 6.45) is 6.93. The predicted molar refractivity (Wildman–Crippen MR) is 77.0 cm³/mol. The molecule has 1 aromatic heterocycles. The molecule has 3 rings (SSSR count). The summed E-state index contributed by atoms with van der Waals surface area (Å²) >= 11 is 0. The number of piperidine rings is 1. The average Bonchev–Trinajstić information content (AvgIpc) is 2.53. The second-order valence-corrected chi connectivity index (χ2v) is 5.93. The number of methoxy groups -OCH3 is 1. The van der Waals surface area contributed by atoms with Gasteiger partial charge in [-0.2, -0.15) is 0 Å². The third kappa shape index (κ3) is 3.17. The van der Waals surface area contributed by atoms with Crippen molar-refractivity contribution in [3.8, 4) is 6.01 Å². The Morgan fingerprint density at radius 2 is 2.10 bits per heavy atom. The first-order valence-electron chi connectivity index (χ1n) is 7.61. The molecule has 2 fully saturated rings. The second kappa shape index (κ2) is 6.25. The molecule has 1 N–H and O–H groups in total. The van der Waals surface area contributed by atoms with E-state index >= 15 is 0 Å². The fourth-order valence-corrected chi connectivity index (χ4v) is 3.27. The van der Waals surface area contributed by atoms with Gasteiger partial charge in [-0.3, -0.25) is 4.90 Å². The summed E-state index contributed by atoms with van der Waals surface area (Å²) in [4.78, 5) is 10.6. The number of aliphatic hydroxyl groups is 1. The van der Waals surface area contributed by atoms with Crippen LogP contribution in [0.15, 0.2) is 12.4 Å². The summed E-state index contributed by atoms with van der Waals surface area (Å²) in [6, 6.07) is 0.398. The van der Waals surface area contributed by atoms with Crippen LogP contribution in [0, 0.1) is 0 Å². The number of likely N-dealkylation sites (tertiary alicyclic amines) is 1. The zero-order chi connectivity index (χ0) is 14.7. The monoisotopic (exact) mass is 293 g/mol. The standard InChI is InChI=1S/C15H23N3O3/c1-20-14-16-9-12(10-17-14)11-18-6-4-15(5-7-18)13(19)3-2-8-21-15/h9-10,13,19H,2-8,11H2,1H3/t13-/m1/s1. The number of ether oxygens (including phenoxy) is 2. The molecule has 0 aromatic carbocycles. The Kier molecular flexibility index (Phi) is 4.37. The van der Waals surface area contributed by atoms with Crippen molar-refractivity contribution >= 4 is 0 Å². The molecule has 0 aliphatic carbocycles. The lowest BCUT2D eigenvalue weighted by Crippen LogP contribution is -2.55. The molecule has 1 aromatic rings. The maximum Gasteiger partial charge on any atom is 0.316 e. The van der Waals surface area contributed by atoms with E-state index in [9.17, 15) is 5.11 Å². The van der Waals surface area contributed by atoms with Gasteiger partial charge in [0.05, 0.1) is 18.8 Å². The van der Waals surface area contributed by atoms with Crippen molar-refractivity contribution in [2.75, 3.05) is 26.8 Å². The normalized spacial score (nSPS) is 25.9. The molecule has 21 heavy (non-hydrogen) atoms. The highest BCUT2D eigenvalue weighted by atomic mass is 16.5. The molecule has 6 heteroatoms. The zero-order valence-corrected chi connectivity index (χ0v) is 12.5. The molecule has 1 spiro atoms. The molecule has 0 saturated carbocycles. The Bertz CT molecular complexity index is 458. The third-order valence-electron chi connectivity index (χ3n) is 4.59. The van der Waals surface area contributed by atoms with E-state index in [1.165, 1.54) is 0 Å². The van der Waals surface area contributed by atoms with Gasteiger partial charge in [0, 0.05) is 44.2 Å². The van der Waals surface area contributed by atoms with Crippen molar-refractivity contribution in [3.63, 3.8) is 0 Å². The van der Waals surface area contributed by atoms with Crippen LogP contribution >= 0.6 is 0 Å². The molecule has 0 radical (unpaired) electrons. The lowest BCUT2D eigenvalue weighted by atomic mass is 9.82. The second-order valence-electron chi connectivity index (χ2n) is 5.93. The Labute approximate surface area is 125 Å². The van der Waals surface area contributed by atoms with Crippen LogP contribution in [-0.2, 0) is 11.3 Å². The van der Waals surface area contributed by atoms with Gasteiger partial charge in [0.25, 0.3) is 0 Å². The van der Waals surface area contributed by atoms with E-state index in [0.717, 1.165) is 57.5 Å². The maximum absolute atomic E-state index is 10.2. The molecule has 1 atom stereocenters. The van der Waals surface area contributed by atoms with Crippen molar-refractivity contribution < 1.29 is 14.6 Å². The number of aliphatic hydroxyl groups excluding tert-OH is 1. The summed E-state index contributed by atoms with van der Waals surface area (Å²) in [5.74, 6) is 0. The molecule has 2 aliphatic rings. The summed E-state index contributed by atoms with van der Waals surface area (Å²) in [5, 5.41) is 10.2. The zero-order valence-electron chi connectivity index (χ0n) is 12.5. The lowest BCUT2D eigenvalue weighted by Gasteiger charge is -2.46. The highest BCUT2D eigenvalue weighted by Crippen LogP contribution is 2.35. The van der Waals surface area contributed by atoms with Crippen molar-refractivity contribution in [2.24, 2.45) is 0 Å². The van der Waals surface area contributed by atoms with Gasteiger partial charge < -0.3 is 14.6 Å². The molecule has 2 aliphatic heterocycles. The van der Waals surface area contributed by atoms with Gasteiger partial charge >= 0.3 is 6.01 Å². The summed E-state index contributed by atoms with van der Waals surface area (Å²) in [7, 11) is 1.56. The fraction of sp³-hybridized carbons (Fsp3) is 0.733. The van der Waals surface area contributed by atoms with Crippen LogP contribution < -0.4 is 4.74 Å². The molecule has 116 valence electrons. The van der Waals surface area contributed by atoms with Crippen molar-refractivity contribution in [1.29, 1.82) is 0 Å². The Morgan fingerprint density at radius 3 is 2.71 bits per heavy atom. The highest BCUT2D eigenvalue weighted by molar-refractivity contribution is 5.08. The van der Waals surface area contributed by atoms with Crippen LogP contribution in [0.2, 0.25) is 0 Å². The largest absolute Gasteiger partial charge is 0.467 e. The molecule has 0 amide bonds. The van der Waals surface area contributed by atoms with E-state index in [4.69, 9.17) is 9.47 Å². The van der Waals surface area contributed by atoms with Crippen LogP contribution in [-0.4, -0.2) is 58.5 Å². The number of aromatic nitrogens is 2. The smallest absolute Gasteiger partial charge is 0.316 e. The van der Waals surface area contributed by atoms with Gasteiger partial charge in [-0.05, 0) is 25.7 Å². The summed E-state index contributed by atoms with van der Waals surface area (Å²) in [5.41, 5.74) is 0.780. The van der Waals surface area contributed by atoms with Gasteiger partial charge in [-0.1, -0.05) is 0 Å². The minimum Gasteiger partial charge on any atom is -0.467 e. The van der Waals surface area contributed by atoms with E-state index < -0.39 is 0 Å². The lowest BCUT2D eigenvalue weighted by molar-refractivity contribution is -0.177. The molecular weight excluding hydrogens is 270 g/mol. The van der Waals surface area contributed by atoms with Crippen molar-refractivity contribution in [2.45, 2.75) is 43.9 Å². The number of rotatable bonds is 3. The number of nitrogens with zero attached hydrogens (tertiary/aromatic N) is 3. The summed E-state index contributed by atoms with van der Waals surface area (Å²) in [6.45, 7) is 3.48. The molecule has 3 heterocycles. The minimum atomic E-state index is -0.308. The van der Waals surface area contributed by atoms with Crippen LogP contribution in [0.3, 0.4) is 0 Å². The molecule has 0 bridgehead atoms. The average molecular weight is 293 g/mol. The first-order valence-corrected chi connectivity index (χ1v) is 7.61. The van der Waals surface area contributed by atoms with E-state index in [1.807, 2.05) is 12.4 Å². The number of hydrogen-bond acceptors (Lipinski definition) is 6. The van der Waals surface area contributed by atoms with Gasteiger partial charge in [0.15, 0.2) is 0 Å². The molecular formula is C15H23N3O3. The predicted octanol–water partition coefficient (Wildman–Crippen LogP) is 0.991. The van der Waals surface area contributed by atoms with Gasteiger partial charge in [-0.25, -0.2) is 9.97 Å². The Morgan fingerprint density at radius 1 is 1.38 bits per heavy atom. The first kappa shape index (κ1) is 14.7. The van der Waals surface area contributed by atoms with Crippen LogP contribution in [0.4, 0.5) is 0 Å². The van der Waals surface area contributed by atoms with E-state index in [-0.39, 0.29) is 11.7 Å². The first-order chi connectivity index (χ1) is 10.2. The molecule has 2 saturated heterocycles. The maximum atomic E-state index is 10.2. The SMILES string of the molecule is COc1ncc(CN2CCC3(CC2)OCCC[C@H]3O)cn1. The third-order valence-corrected chi connectivity index (χ3v) is 4.59.